The van der Waals surface area contributed by atoms with Crippen LogP contribution in [0.1, 0.15) is 29.3 Å². The van der Waals surface area contributed by atoms with Gasteiger partial charge in [0.25, 0.3) is 0 Å². The summed E-state index contributed by atoms with van der Waals surface area (Å²) in [5, 5.41) is 22.6. The smallest absolute Gasteiger partial charge is 0.408 e. The molecule has 3 N–H and O–H groups in total. The van der Waals surface area contributed by atoms with E-state index in [1.807, 2.05) is 19.1 Å². The molecular formula is C25H23N7O2. The molecule has 1 unspecified atom stereocenters. The Morgan fingerprint density at radius 2 is 2.00 bits per heavy atom. The molecule has 4 heterocycles. The molecule has 0 bridgehead atoms. The number of anilines is 1. The summed E-state index contributed by atoms with van der Waals surface area (Å²) in [7, 11) is 0. The number of oxazole rings is 1. The molecule has 2 aliphatic rings. The second-order valence-corrected chi connectivity index (χ2v) is 8.68. The van der Waals surface area contributed by atoms with Crippen molar-refractivity contribution in [1.29, 1.82) is 5.26 Å². The fourth-order valence-electron chi connectivity index (χ4n) is 4.98. The first-order valence-corrected chi connectivity index (χ1v) is 11.4. The number of nitrogens with zero attached hydrogens (tertiary/aromatic N) is 4. The molecule has 1 fully saturated rings. The quantitative estimate of drug-likeness (QED) is 0.426. The van der Waals surface area contributed by atoms with Crippen LogP contribution in [0.3, 0.4) is 0 Å². The van der Waals surface area contributed by atoms with Gasteiger partial charge in [-0.2, -0.15) is 10.4 Å². The summed E-state index contributed by atoms with van der Waals surface area (Å²) in [6.45, 7) is 5.81. The van der Waals surface area contributed by atoms with Crippen molar-refractivity contribution in [3.63, 3.8) is 0 Å². The van der Waals surface area contributed by atoms with E-state index in [1.54, 1.807) is 0 Å². The van der Waals surface area contributed by atoms with Crippen LogP contribution in [0, 0.1) is 18.3 Å². The molecule has 0 radical (unpaired) electrons. The molecular weight excluding hydrogens is 430 g/mol. The Morgan fingerprint density at radius 1 is 1.21 bits per heavy atom. The maximum absolute atomic E-state index is 11.6. The third-order valence-corrected chi connectivity index (χ3v) is 6.65. The maximum atomic E-state index is 11.6. The summed E-state index contributed by atoms with van der Waals surface area (Å²) >= 11 is 0. The van der Waals surface area contributed by atoms with E-state index in [4.69, 9.17) is 9.40 Å². The summed E-state index contributed by atoms with van der Waals surface area (Å²) < 4.78 is 5.27. The molecule has 1 aliphatic carbocycles. The van der Waals surface area contributed by atoms with E-state index < -0.39 is 5.76 Å². The van der Waals surface area contributed by atoms with Gasteiger partial charge in [-0.1, -0.05) is 18.2 Å². The van der Waals surface area contributed by atoms with E-state index in [1.165, 1.54) is 5.69 Å². The molecule has 9 heteroatoms. The number of hydrogen-bond donors (Lipinski definition) is 3. The normalized spacial score (nSPS) is 17.6. The van der Waals surface area contributed by atoms with Gasteiger partial charge >= 0.3 is 5.76 Å². The number of nitrogens with one attached hydrogen (secondary N) is 3. The molecule has 9 nitrogen and oxygen atoms in total. The molecule has 3 aromatic heterocycles. The van der Waals surface area contributed by atoms with E-state index in [-0.39, 0.29) is 5.92 Å². The average molecular weight is 454 g/mol. The van der Waals surface area contributed by atoms with Crippen molar-refractivity contribution in [3.05, 3.63) is 62.5 Å². The van der Waals surface area contributed by atoms with Gasteiger partial charge in [-0.3, -0.25) is 10.1 Å². The zero-order chi connectivity index (χ0) is 23.2. The topological polar surface area (TPSA) is 127 Å². The summed E-state index contributed by atoms with van der Waals surface area (Å²) in [6.07, 6.45) is 4.38. The van der Waals surface area contributed by atoms with E-state index in [9.17, 15) is 10.1 Å². The first-order chi connectivity index (χ1) is 16.6. The highest BCUT2D eigenvalue weighted by molar-refractivity contribution is 5.98. The number of fused-ring (bicyclic) bond motifs is 2. The number of aromatic nitrogens is 4. The standard InChI is InChI=1S/C25H23N7O2/c1-14-21-22(15-2-5-17(6-3-15)32-10-8-27-9-11-32)18(13-26)23(29-24(21)31-30-14)16-4-7-19-20(12-16)34-25(33)28-19/h2-3,5-7,12,16,27H,4,8-11H2,1H3,(H,28,33)(H,29,30,31). The molecule has 0 spiro atoms. The fraction of sp³-hybridized carbons (Fsp3) is 0.280. The van der Waals surface area contributed by atoms with Gasteiger partial charge in [0, 0.05) is 43.3 Å². The van der Waals surface area contributed by atoms with Gasteiger partial charge < -0.3 is 14.6 Å². The molecule has 1 atom stereocenters. The van der Waals surface area contributed by atoms with Crippen LogP contribution in [0.2, 0.25) is 0 Å². The number of pyridine rings is 1. The second kappa shape index (κ2) is 8.01. The van der Waals surface area contributed by atoms with Crippen molar-refractivity contribution in [2.24, 2.45) is 0 Å². The summed E-state index contributed by atoms with van der Waals surface area (Å²) in [5.74, 6) is -0.690. The number of aromatic amines is 2. The Labute approximate surface area is 194 Å². The minimum Gasteiger partial charge on any atom is -0.408 e. The van der Waals surface area contributed by atoms with Crippen LogP contribution in [-0.4, -0.2) is 46.3 Å². The third kappa shape index (κ3) is 3.31. The van der Waals surface area contributed by atoms with Crippen molar-refractivity contribution < 1.29 is 4.42 Å². The highest BCUT2D eigenvalue weighted by Crippen LogP contribution is 2.38. The Morgan fingerprint density at radius 3 is 2.76 bits per heavy atom. The van der Waals surface area contributed by atoms with E-state index in [0.29, 0.717) is 34.1 Å². The number of piperazine rings is 1. The Kier molecular flexibility index (Phi) is 4.81. The summed E-state index contributed by atoms with van der Waals surface area (Å²) in [4.78, 5) is 21.5. The summed E-state index contributed by atoms with van der Waals surface area (Å²) in [5.41, 5.74) is 6.02. The number of benzene rings is 1. The van der Waals surface area contributed by atoms with Crippen molar-refractivity contribution in [3.8, 4) is 17.2 Å². The maximum Gasteiger partial charge on any atom is 0.417 e. The lowest BCUT2D eigenvalue weighted by atomic mass is 9.88. The Bertz CT molecular complexity index is 1610. The zero-order valence-electron chi connectivity index (χ0n) is 18.7. The highest BCUT2D eigenvalue weighted by atomic mass is 16.4. The van der Waals surface area contributed by atoms with Crippen LogP contribution in [0.25, 0.3) is 34.3 Å². The SMILES string of the molecule is Cc1n[nH]c2nc(C3C=c4oc(=O)[nH]c4=CC3)c(C#N)c(-c3ccc(N4CCNCC4)cc3)c12. The van der Waals surface area contributed by atoms with Gasteiger partial charge in [-0.15, -0.1) is 0 Å². The molecule has 1 saturated heterocycles. The highest BCUT2D eigenvalue weighted by Gasteiger charge is 2.25. The monoisotopic (exact) mass is 453 g/mol. The predicted molar refractivity (Wildman–Crippen MR) is 129 cm³/mol. The number of aryl methyl sites for hydroxylation is 1. The molecule has 0 saturated carbocycles. The van der Waals surface area contributed by atoms with Gasteiger partial charge in [-0.05, 0) is 37.1 Å². The molecule has 1 aromatic carbocycles. The number of rotatable bonds is 3. The van der Waals surface area contributed by atoms with E-state index in [2.05, 4.69) is 55.7 Å². The number of H-pyrrole nitrogens is 2. The van der Waals surface area contributed by atoms with Crippen molar-refractivity contribution in [2.75, 3.05) is 31.1 Å². The van der Waals surface area contributed by atoms with Crippen LogP contribution in [0.15, 0.2) is 33.5 Å². The minimum absolute atomic E-state index is 0.201. The molecule has 0 amide bonds. The lowest BCUT2D eigenvalue weighted by Gasteiger charge is -2.29. The van der Waals surface area contributed by atoms with Gasteiger partial charge in [0.2, 0.25) is 0 Å². The molecule has 6 rings (SSSR count). The predicted octanol–water partition coefficient (Wildman–Crippen LogP) is 1.24. The molecule has 34 heavy (non-hydrogen) atoms. The lowest BCUT2D eigenvalue weighted by Crippen LogP contribution is -2.43. The van der Waals surface area contributed by atoms with Crippen LogP contribution < -0.4 is 26.7 Å². The summed E-state index contributed by atoms with van der Waals surface area (Å²) in [6, 6.07) is 10.8. The van der Waals surface area contributed by atoms with Crippen LogP contribution >= 0.6 is 0 Å². The zero-order valence-corrected chi connectivity index (χ0v) is 18.7. The van der Waals surface area contributed by atoms with Crippen LogP contribution in [0.4, 0.5) is 5.69 Å². The first kappa shape index (κ1) is 20.4. The average Bonchev–Trinajstić information content (AvgIpc) is 3.44. The van der Waals surface area contributed by atoms with Crippen molar-refractivity contribution in [1.82, 2.24) is 25.5 Å². The largest absolute Gasteiger partial charge is 0.417 e. The van der Waals surface area contributed by atoms with Gasteiger partial charge in [0.05, 0.1) is 27.7 Å². The fourth-order valence-corrected chi connectivity index (χ4v) is 4.98. The lowest BCUT2D eigenvalue weighted by molar-refractivity contribution is 0.482. The second-order valence-electron chi connectivity index (χ2n) is 8.68. The Balaban J connectivity index is 1.51. The van der Waals surface area contributed by atoms with Crippen molar-refractivity contribution in [2.45, 2.75) is 19.3 Å². The first-order valence-electron chi connectivity index (χ1n) is 11.4. The number of hydrogen-bond acceptors (Lipinski definition) is 7. The van der Waals surface area contributed by atoms with Gasteiger partial charge in [0.15, 0.2) is 11.1 Å². The number of nitriles is 1. The van der Waals surface area contributed by atoms with Gasteiger partial charge in [0.1, 0.15) is 6.07 Å². The van der Waals surface area contributed by atoms with Crippen molar-refractivity contribution >= 4 is 28.9 Å². The molecule has 4 aromatic rings. The third-order valence-electron chi connectivity index (χ3n) is 6.65. The van der Waals surface area contributed by atoms with E-state index in [0.717, 1.165) is 48.4 Å². The minimum atomic E-state index is -0.489. The molecule has 170 valence electrons. The van der Waals surface area contributed by atoms with Gasteiger partial charge in [-0.25, -0.2) is 9.78 Å². The van der Waals surface area contributed by atoms with Crippen LogP contribution in [-0.2, 0) is 0 Å². The van der Waals surface area contributed by atoms with E-state index >= 15 is 0 Å². The molecule has 1 aliphatic heterocycles. The Hall–Kier alpha value is -4.16. The van der Waals surface area contributed by atoms with Crippen LogP contribution in [0.5, 0.6) is 0 Å².